The first kappa shape index (κ1) is 15.9. The Morgan fingerprint density at radius 1 is 1.69 bits per heavy atom. The van der Waals surface area contributed by atoms with Crippen LogP contribution in [0.25, 0.3) is 0 Å². The Labute approximate surface area is 115 Å². The molecule has 92 valence electrons. The molecule has 1 aromatic heterocycles. The first-order valence-electron chi connectivity index (χ1n) is 4.72. The van der Waals surface area contributed by atoms with Crippen LogP contribution in [0.5, 0.6) is 0 Å². The fourth-order valence-electron chi connectivity index (χ4n) is 1.26. The Kier molecular flexibility index (Phi) is 7.22. The van der Waals surface area contributed by atoms with Gasteiger partial charge in [-0.3, -0.25) is 4.79 Å². The van der Waals surface area contributed by atoms with Gasteiger partial charge in [0.05, 0.1) is 3.79 Å². The van der Waals surface area contributed by atoms with Gasteiger partial charge in [-0.25, -0.2) is 0 Å². The van der Waals surface area contributed by atoms with Gasteiger partial charge >= 0.3 is 0 Å². The summed E-state index contributed by atoms with van der Waals surface area (Å²) in [6.07, 6.45) is 0. The summed E-state index contributed by atoms with van der Waals surface area (Å²) in [4.78, 5) is 13.4. The molecule has 2 N–H and O–H groups in total. The van der Waals surface area contributed by atoms with Crippen molar-refractivity contribution in [2.75, 3.05) is 13.6 Å². The molecule has 0 aliphatic carbocycles. The number of hydrogen-bond donors (Lipinski definition) is 1. The highest BCUT2D eigenvalue weighted by atomic mass is 79.9. The van der Waals surface area contributed by atoms with E-state index < -0.39 is 0 Å². The van der Waals surface area contributed by atoms with Gasteiger partial charge in [0.1, 0.15) is 0 Å². The molecule has 0 aliphatic heterocycles. The van der Waals surface area contributed by atoms with E-state index in [1.807, 2.05) is 18.4 Å². The predicted molar refractivity (Wildman–Crippen MR) is 74.0 cm³/mol. The molecular formula is C10H16BrClN2OS. The fourth-order valence-corrected chi connectivity index (χ4v) is 2.46. The van der Waals surface area contributed by atoms with Crippen LogP contribution >= 0.6 is 39.7 Å². The van der Waals surface area contributed by atoms with E-state index in [4.69, 9.17) is 5.73 Å². The second kappa shape index (κ2) is 7.27. The molecule has 3 nitrogen and oxygen atoms in total. The Hall–Kier alpha value is -0.100. The number of carbonyl (C=O) groups excluding carboxylic acids is 1. The second-order valence-corrected chi connectivity index (χ2v) is 5.88. The zero-order chi connectivity index (χ0) is 11.4. The van der Waals surface area contributed by atoms with E-state index in [0.29, 0.717) is 13.1 Å². The molecule has 1 aromatic rings. The number of nitrogens with zero attached hydrogens (tertiary/aromatic N) is 1. The molecule has 0 aliphatic rings. The minimum absolute atomic E-state index is 0. The first-order chi connectivity index (χ1) is 7.04. The summed E-state index contributed by atoms with van der Waals surface area (Å²) in [5.74, 6) is -0.00287. The van der Waals surface area contributed by atoms with Gasteiger partial charge in [-0.15, -0.1) is 23.7 Å². The minimum atomic E-state index is -0.0999. The zero-order valence-corrected chi connectivity index (χ0v) is 12.5. The molecule has 16 heavy (non-hydrogen) atoms. The van der Waals surface area contributed by atoms with Crippen molar-refractivity contribution in [3.05, 3.63) is 20.8 Å². The van der Waals surface area contributed by atoms with Crippen molar-refractivity contribution in [3.63, 3.8) is 0 Å². The lowest BCUT2D eigenvalue weighted by Crippen LogP contribution is -2.34. The Morgan fingerprint density at radius 2 is 2.31 bits per heavy atom. The maximum absolute atomic E-state index is 11.7. The van der Waals surface area contributed by atoms with Crippen LogP contribution in [-0.2, 0) is 11.3 Å². The molecule has 0 fully saturated rings. The second-order valence-electron chi connectivity index (χ2n) is 3.59. The van der Waals surface area contributed by atoms with Crippen molar-refractivity contribution in [2.24, 2.45) is 11.7 Å². The number of hydrogen-bond acceptors (Lipinski definition) is 3. The molecular weight excluding hydrogens is 312 g/mol. The Balaban J connectivity index is 0.00000225. The van der Waals surface area contributed by atoms with Crippen molar-refractivity contribution in [2.45, 2.75) is 13.5 Å². The lowest BCUT2D eigenvalue weighted by molar-refractivity contribution is -0.133. The molecule has 0 radical (unpaired) electrons. The first-order valence-corrected chi connectivity index (χ1v) is 6.39. The molecule has 1 rings (SSSR count). The normalized spacial score (nSPS) is 11.8. The van der Waals surface area contributed by atoms with Crippen molar-refractivity contribution < 1.29 is 4.79 Å². The van der Waals surface area contributed by atoms with Crippen LogP contribution in [0.3, 0.4) is 0 Å². The quantitative estimate of drug-likeness (QED) is 0.923. The summed E-state index contributed by atoms with van der Waals surface area (Å²) >= 11 is 5.02. The molecule has 0 saturated carbocycles. The van der Waals surface area contributed by atoms with Crippen molar-refractivity contribution in [1.82, 2.24) is 4.90 Å². The van der Waals surface area contributed by atoms with Crippen molar-refractivity contribution in [1.29, 1.82) is 0 Å². The number of amides is 1. The molecule has 0 bridgehead atoms. The van der Waals surface area contributed by atoms with Crippen molar-refractivity contribution in [3.8, 4) is 0 Å². The number of rotatable bonds is 4. The van der Waals surface area contributed by atoms with Crippen LogP contribution < -0.4 is 5.73 Å². The molecule has 1 heterocycles. The van der Waals surface area contributed by atoms with E-state index >= 15 is 0 Å². The standard InChI is InChI=1S/C10H15BrN2OS.ClH/c1-7(4-12)10(14)13(2)5-8-3-9(11)15-6-8;/h3,6-7H,4-5,12H2,1-2H3;1H. The molecule has 0 aromatic carbocycles. The van der Waals surface area contributed by atoms with Crippen LogP contribution in [0, 0.1) is 5.92 Å². The van der Waals surface area contributed by atoms with E-state index in [-0.39, 0.29) is 24.2 Å². The summed E-state index contributed by atoms with van der Waals surface area (Å²) in [7, 11) is 1.81. The molecule has 0 saturated heterocycles. The van der Waals surface area contributed by atoms with Crippen LogP contribution in [0.15, 0.2) is 15.2 Å². The van der Waals surface area contributed by atoms with Crippen molar-refractivity contribution >= 4 is 45.6 Å². The Morgan fingerprint density at radius 3 is 2.75 bits per heavy atom. The molecule has 1 unspecified atom stereocenters. The minimum Gasteiger partial charge on any atom is -0.341 e. The van der Waals surface area contributed by atoms with Gasteiger partial charge in [-0.1, -0.05) is 6.92 Å². The van der Waals surface area contributed by atoms with E-state index in [0.717, 1.165) is 9.35 Å². The summed E-state index contributed by atoms with van der Waals surface area (Å²) in [5.41, 5.74) is 6.60. The van der Waals surface area contributed by atoms with Gasteiger partial charge in [0.25, 0.3) is 0 Å². The molecule has 1 atom stereocenters. The summed E-state index contributed by atoms with van der Waals surface area (Å²) in [6, 6.07) is 2.03. The molecule has 1 amide bonds. The largest absolute Gasteiger partial charge is 0.341 e. The van der Waals surface area contributed by atoms with Crippen LogP contribution in [-0.4, -0.2) is 24.4 Å². The molecule has 0 spiro atoms. The lowest BCUT2D eigenvalue weighted by Gasteiger charge is -2.19. The number of carbonyl (C=O) groups is 1. The van der Waals surface area contributed by atoms with Crippen LogP contribution in [0.2, 0.25) is 0 Å². The predicted octanol–water partition coefficient (Wildman–Crippen LogP) is 2.49. The number of halogens is 2. The summed E-state index contributed by atoms with van der Waals surface area (Å²) in [5, 5.41) is 2.04. The van der Waals surface area contributed by atoms with E-state index in [1.54, 1.807) is 23.3 Å². The SMILES string of the molecule is CC(CN)C(=O)N(C)Cc1csc(Br)c1.Cl. The zero-order valence-electron chi connectivity index (χ0n) is 9.27. The third-order valence-electron chi connectivity index (χ3n) is 2.19. The third kappa shape index (κ3) is 4.41. The summed E-state index contributed by atoms with van der Waals surface area (Å²) < 4.78 is 1.09. The highest BCUT2D eigenvalue weighted by molar-refractivity contribution is 9.11. The maximum Gasteiger partial charge on any atom is 0.226 e. The summed E-state index contributed by atoms with van der Waals surface area (Å²) in [6.45, 7) is 2.89. The average molecular weight is 328 g/mol. The van der Waals surface area contributed by atoms with Gasteiger partial charge in [0, 0.05) is 26.1 Å². The van der Waals surface area contributed by atoms with Gasteiger partial charge in [0.15, 0.2) is 0 Å². The number of thiophene rings is 1. The number of nitrogens with two attached hydrogens (primary N) is 1. The van der Waals surface area contributed by atoms with Crippen LogP contribution in [0.4, 0.5) is 0 Å². The fraction of sp³-hybridized carbons (Fsp3) is 0.500. The topological polar surface area (TPSA) is 46.3 Å². The Bertz CT molecular complexity index is 345. The van der Waals surface area contributed by atoms with Gasteiger partial charge in [-0.2, -0.15) is 0 Å². The lowest BCUT2D eigenvalue weighted by atomic mass is 10.1. The highest BCUT2D eigenvalue weighted by Gasteiger charge is 2.16. The third-order valence-corrected chi connectivity index (χ3v) is 3.75. The smallest absolute Gasteiger partial charge is 0.226 e. The average Bonchev–Trinajstić information content (AvgIpc) is 2.61. The van der Waals surface area contributed by atoms with E-state index in [1.165, 1.54) is 0 Å². The van der Waals surface area contributed by atoms with Crippen LogP contribution in [0.1, 0.15) is 12.5 Å². The monoisotopic (exact) mass is 326 g/mol. The maximum atomic E-state index is 11.7. The van der Waals surface area contributed by atoms with Gasteiger partial charge in [0.2, 0.25) is 5.91 Å². The molecule has 6 heteroatoms. The van der Waals surface area contributed by atoms with E-state index in [2.05, 4.69) is 15.9 Å². The van der Waals surface area contributed by atoms with E-state index in [9.17, 15) is 4.79 Å². The van der Waals surface area contributed by atoms with Gasteiger partial charge < -0.3 is 10.6 Å². The highest BCUT2D eigenvalue weighted by Crippen LogP contribution is 2.21. The van der Waals surface area contributed by atoms with Gasteiger partial charge in [-0.05, 0) is 32.9 Å².